The molecule has 2 heterocycles. The molecule has 2 atom stereocenters. The van der Waals surface area contributed by atoms with Crippen LogP contribution < -0.4 is 15.6 Å². The minimum Gasteiger partial charge on any atom is -0.352 e. The van der Waals surface area contributed by atoms with Crippen LogP contribution in [0.3, 0.4) is 0 Å². The summed E-state index contributed by atoms with van der Waals surface area (Å²) in [5.41, 5.74) is 0.756. The zero-order valence-electron chi connectivity index (χ0n) is 8.83. The smallest absolute Gasteiger partial charge is 0.272 e. The molecule has 0 saturated carbocycles. The highest BCUT2D eigenvalue weighted by Crippen LogP contribution is 2.19. The Balaban J connectivity index is 1.93. The Morgan fingerprint density at radius 1 is 1.24 bits per heavy atom. The van der Waals surface area contributed by atoms with Gasteiger partial charge in [0.2, 0.25) is 0 Å². The fourth-order valence-electron chi connectivity index (χ4n) is 1.94. The van der Waals surface area contributed by atoms with Gasteiger partial charge in [-0.25, -0.2) is 0 Å². The largest absolute Gasteiger partial charge is 0.352 e. The van der Waals surface area contributed by atoms with Crippen molar-refractivity contribution in [1.29, 1.82) is 0 Å². The average molecular weight is 246 g/mol. The predicted molar refractivity (Wildman–Crippen MR) is 68.9 cm³/mol. The molecule has 0 bridgehead atoms. The van der Waals surface area contributed by atoms with Gasteiger partial charge < -0.3 is 10.6 Å². The normalized spacial score (nSPS) is 26.5. The minimum atomic E-state index is -0.361. The number of rotatable bonds is 1. The van der Waals surface area contributed by atoms with Crippen LogP contribution in [-0.4, -0.2) is 29.3 Å². The third-order valence-electron chi connectivity index (χ3n) is 2.76. The summed E-state index contributed by atoms with van der Waals surface area (Å²) in [7, 11) is 0. The van der Waals surface area contributed by atoms with Gasteiger partial charge in [-0.3, -0.25) is 4.79 Å². The van der Waals surface area contributed by atoms with Crippen LogP contribution in [0.5, 0.6) is 0 Å². The molecular formula is C11H10N4OS. The van der Waals surface area contributed by atoms with Crippen molar-refractivity contribution in [2.75, 3.05) is 5.01 Å². The molecule has 1 fully saturated rings. The first-order chi connectivity index (χ1) is 8.25. The number of para-hydroxylation sites is 1. The third kappa shape index (κ3) is 1.66. The van der Waals surface area contributed by atoms with Gasteiger partial charge in [-0.2, -0.15) is 10.1 Å². The Bertz CT molecular complexity index is 501. The monoisotopic (exact) mass is 246 g/mol. The predicted octanol–water partition coefficient (Wildman–Crippen LogP) is 0.234. The van der Waals surface area contributed by atoms with E-state index in [4.69, 9.17) is 12.2 Å². The van der Waals surface area contributed by atoms with Gasteiger partial charge in [0.05, 0.1) is 17.9 Å². The quantitative estimate of drug-likeness (QED) is 0.697. The summed E-state index contributed by atoms with van der Waals surface area (Å²) in [6.07, 6.45) is 1.70. The summed E-state index contributed by atoms with van der Waals surface area (Å²) in [5, 5.41) is 12.0. The lowest BCUT2D eigenvalue weighted by atomic mass is 10.1. The molecule has 0 aromatic heterocycles. The molecule has 2 aliphatic rings. The first-order valence-electron chi connectivity index (χ1n) is 5.26. The molecule has 17 heavy (non-hydrogen) atoms. The summed E-state index contributed by atoms with van der Waals surface area (Å²) in [6.45, 7) is 0. The minimum absolute atomic E-state index is 0.101. The van der Waals surface area contributed by atoms with Crippen molar-refractivity contribution in [2.45, 2.75) is 12.1 Å². The van der Waals surface area contributed by atoms with Gasteiger partial charge >= 0.3 is 0 Å². The van der Waals surface area contributed by atoms with Crippen molar-refractivity contribution < 1.29 is 4.79 Å². The number of hydrazone groups is 1. The van der Waals surface area contributed by atoms with Gasteiger partial charge in [0.1, 0.15) is 6.04 Å². The van der Waals surface area contributed by atoms with Crippen molar-refractivity contribution in [3.8, 4) is 0 Å². The van der Waals surface area contributed by atoms with Crippen LogP contribution in [0.15, 0.2) is 35.4 Å². The molecule has 3 rings (SSSR count). The number of thiocarbonyl (C=S) groups is 1. The molecule has 1 aromatic rings. The van der Waals surface area contributed by atoms with E-state index in [1.165, 1.54) is 5.01 Å². The van der Waals surface area contributed by atoms with Gasteiger partial charge in [-0.1, -0.05) is 18.2 Å². The van der Waals surface area contributed by atoms with E-state index in [1.807, 2.05) is 30.3 Å². The number of benzene rings is 1. The van der Waals surface area contributed by atoms with Crippen molar-refractivity contribution in [3.63, 3.8) is 0 Å². The number of fused-ring (bicyclic) bond motifs is 1. The van der Waals surface area contributed by atoms with E-state index in [0.717, 1.165) is 5.69 Å². The molecular weight excluding hydrogens is 236 g/mol. The topological polar surface area (TPSA) is 56.7 Å². The van der Waals surface area contributed by atoms with Crippen LogP contribution in [0.4, 0.5) is 5.69 Å². The Labute approximate surface area is 103 Å². The zero-order valence-corrected chi connectivity index (χ0v) is 9.65. The molecule has 2 unspecified atom stereocenters. The summed E-state index contributed by atoms with van der Waals surface area (Å²) in [4.78, 5) is 12.2. The summed E-state index contributed by atoms with van der Waals surface area (Å²) in [5.74, 6) is -0.101. The molecule has 86 valence electrons. The second kappa shape index (κ2) is 3.81. The maximum atomic E-state index is 12.2. The van der Waals surface area contributed by atoms with E-state index < -0.39 is 0 Å². The van der Waals surface area contributed by atoms with Gasteiger partial charge in [-0.15, -0.1) is 0 Å². The van der Waals surface area contributed by atoms with Crippen LogP contribution in [-0.2, 0) is 4.79 Å². The molecule has 0 aliphatic carbocycles. The molecule has 2 N–H and O–H groups in total. The fourth-order valence-corrected chi connectivity index (χ4v) is 2.20. The maximum absolute atomic E-state index is 12.2. The number of carbonyl (C=O) groups is 1. The number of nitrogens with one attached hydrogen (secondary N) is 2. The van der Waals surface area contributed by atoms with Crippen LogP contribution in [0.2, 0.25) is 0 Å². The van der Waals surface area contributed by atoms with Crippen molar-refractivity contribution in [2.24, 2.45) is 5.10 Å². The Morgan fingerprint density at radius 3 is 2.76 bits per heavy atom. The van der Waals surface area contributed by atoms with Crippen LogP contribution in [0.1, 0.15) is 0 Å². The van der Waals surface area contributed by atoms with E-state index in [0.29, 0.717) is 5.11 Å². The fraction of sp³-hybridized carbons (Fsp3) is 0.182. The highest BCUT2D eigenvalue weighted by molar-refractivity contribution is 7.80. The van der Waals surface area contributed by atoms with Crippen LogP contribution in [0.25, 0.3) is 0 Å². The number of anilines is 1. The van der Waals surface area contributed by atoms with Crippen LogP contribution >= 0.6 is 12.2 Å². The zero-order chi connectivity index (χ0) is 11.8. The van der Waals surface area contributed by atoms with Gasteiger partial charge in [-0.05, 0) is 24.4 Å². The number of hydrogen-bond donors (Lipinski definition) is 2. The number of nitrogens with zero attached hydrogens (tertiary/aromatic N) is 2. The second-order valence-corrected chi connectivity index (χ2v) is 4.28. The van der Waals surface area contributed by atoms with E-state index in [2.05, 4.69) is 15.7 Å². The molecule has 2 aliphatic heterocycles. The number of carbonyl (C=O) groups excluding carboxylic acids is 1. The van der Waals surface area contributed by atoms with E-state index in [9.17, 15) is 4.79 Å². The standard InChI is InChI=1S/C11H10N4OS/c16-10-9-8(13-11(17)14-9)6-12-15(10)7-4-2-1-3-5-7/h1-6,8-9H,(H2,13,14,17). The highest BCUT2D eigenvalue weighted by Gasteiger charge is 2.40. The molecule has 5 nitrogen and oxygen atoms in total. The molecule has 1 aromatic carbocycles. The Hall–Kier alpha value is -1.95. The number of hydrogen-bond acceptors (Lipinski definition) is 3. The molecule has 0 radical (unpaired) electrons. The van der Waals surface area contributed by atoms with E-state index >= 15 is 0 Å². The van der Waals surface area contributed by atoms with Crippen molar-refractivity contribution in [3.05, 3.63) is 30.3 Å². The lowest BCUT2D eigenvalue weighted by Crippen LogP contribution is -2.52. The molecule has 0 spiro atoms. The summed E-state index contributed by atoms with van der Waals surface area (Å²) < 4.78 is 0. The van der Waals surface area contributed by atoms with Crippen LogP contribution in [0, 0.1) is 0 Å². The first-order valence-corrected chi connectivity index (χ1v) is 5.67. The summed E-state index contributed by atoms with van der Waals surface area (Å²) >= 11 is 4.99. The third-order valence-corrected chi connectivity index (χ3v) is 3.00. The van der Waals surface area contributed by atoms with E-state index in [1.54, 1.807) is 6.21 Å². The van der Waals surface area contributed by atoms with Gasteiger partial charge in [0, 0.05) is 0 Å². The number of amides is 1. The molecule has 1 amide bonds. The second-order valence-electron chi connectivity index (χ2n) is 3.87. The first kappa shape index (κ1) is 10.2. The maximum Gasteiger partial charge on any atom is 0.272 e. The molecule has 1 saturated heterocycles. The van der Waals surface area contributed by atoms with Gasteiger partial charge in [0.15, 0.2) is 5.11 Å². The van der Waals surface area contributed by atoms with Crippen molar-refractivity contribution in [1.82, 2.24) is 10.6 Å². The van der Waals surface area contributed by atoms with Crippen molar-refractivity contribution >= 4 is 35.1 Å². The average Bonchev–Trinajstić information content (AvgIpc) is 2.72. The highest BCUT2D eigenvalue weighted by atomic mass is 32.1. The van der Waals surface area contributed by atoms with Gasteiger partial charge in [0.25, 0.3) is 5.91 Å². The van der Waals surface area contributed by atoms with E-state index in [-0.39, 0.29) is 18.0 Å². The Morgan fingerprint density at radius 2 is 2.00 bits per heavy atom. The molecule has 6 heteroatoms. The summed E-state index contributed by atoms with van der Waals surface area (Å²) in [6, 6.07) is 8.82. The Kier molecular flexibility index (Phi) is 2.29. The lowest BCUT2D eigenvalue weighted by molar-refractivity contribution is -0.120. The SMILES string of the molecule is O=C1C2NC(=S)NC2C=NN1c1ccccc1. The lowest BCUT2D eigenvalue weighted by Gasteiger charge is -2.26.